The van der Waals surface area contributed by atoms with Gasteiger partial charge < -0.3 is 15.6 Å². The molecule has 3 aromatic rings. The highest BCUT2D eigenvalue weighted by molar-refractivity contribution is 7.92. The smallest absolute Gasteiger partial charge is 0.263 e. The highest BCUT2D eigenvalue weighted by Gasteiger charge is 2.25. The highest BCUT2D eigenvalue weighted by atomic mass is 32.2. The number of anilines is 2. The molecule has 0 bridgehead atoms. The van der Waals surface area contributed by atoms with E-state index in [1.165, 1.54) is 12.8 Å². The van der Waals surface area contributed by atoms with Crippen LogP contribution in [-0.2, 0) is 10.0 Å². The summed E-state index contributed by atoms with van der Waals surface area (Å²) in [5.41, 5.74) is 7.17. The van der Waals surface area contributed by atoms with E-state index in [4.69, 9.17) is 10.7 Å². The average molecular weight is 456 g/mol. The minimum Gasteiger partial charge on any atom is -0.351 e. The normalized spacial score (nSPS) is 22.3. The minimum absolute atomic E-state index is 0.178. The maximum Gasteiger partial charge on any atom is 0.263 e. The van der Waals surface area contributed by atoms with Gasteiger partial charge in [-0.3, -0.25) is 4.72 Å². The lowest BCUT2D eigenvalue weighted by Gasteiger charge is -2.27. The fraction of sp³-hybridized carbons (Fsp3) is 0.500. The van der Waals surface area contributed by atoms with Gasteiger partial charge in [0, 0.05) is 18.1 Å². The summed E-state index contributed by atoms with van der Waals surface area (Å²) in [6.45, 7) is 0. The number of rotatable bonds is 6. The minimum atomic E-state index is -3.81. The van der Waals surface area contributed by atoms with Crippen molar-refractivity contribution >= 4 is 33.0 Å². The Labute approximate surface area is 187 Å². The molecule has 4 N–H and O–H groups in total. The van der Waals surface area contributed by atoms with Crippen LogP contribution in [0.1, 0.15) is 57.4 Å². The van der Waals surface area contributed by atoms with Crippen molar-refractivity contribution in [3.05, 3.63) is 36.7 Å². The molecular weight excluding hydrogens is 426 g/mol. The van der Waals surface area contributed by atoms with Gasteiger partial charge in [-0.2, -0.15) is 9.97 Å². The highest BCUT2D eigenvalue weighted by Crippen LogP contribution is 2.33. The molecule has 1 aromatic carbocycles. The number of hydrogen-bond donors (Lipinski definition) is 3. The molecule has 0 atom stereocenters. The molecule has 2 aromatic heterocycles. The van der Waals surface area contributed by atoms with Gasteiger partial charge in [0.1, 0.15) is 0 Å². The summed E-state index contributed by atoms with van der Waals surface area (Å²) in [5, 5.41) is 3.41. The Bertz CT molecular complexity index is 1180. The quantitative estimate of drug-likeness (QED) is 0.519. The predicted octanol–water partition coefficient (Wildman–Crippen LogP) is 3.42. The van der Waals surface area contributed by atoms with Crippen molar-refractivity contribution in [1.82, 2.24) is 19.5 Å². The maximum absolute atomic E-state index is 13.0. The van der Waals surface area contributed by atoms with Crippen LogP contribution in [0, 0.1) is 0 Å². The van der Waals surface area contributed by atoms with Crippen molar-refractivity contribution in [2.24, 2.45) is 5.73 Å². The van der Waals surface area contributed by atoms with E-state index in [1.54, 1.807) is 36.7 Å². The zero-order chi connectivity index (χ0) is 22.1. The van der Waals surface area contributed by atoms with Gasteiger partial charge in [0.25, 0.3) is 10.0 Å². The second kappa shape index (κ2) is 8.67. The van der Waals surface area contributed by atoms with Crippen LogP contribution < -0.4 is 15.8 Å². The molecule has 0 spiro atoms. The maximum atomic E-state index is 13.0. The van der Waals surface area contributed by atoms with Gasteiger partial charge in [-0.15, -0.1) is 0 Å². The topological polar surface area (TPSA) is 128 Å². The number of benzene rings is 1. The van der Waals surface area contributed by atoms with E-state index in [1.807, 2.05) is 0 Å². The van der Waals surface area contributed by atoms with Crippen LogP contribution in [-0.4, -0.2) is 40.0 Å². The summed E-state index contributed by atoms with van der Waals surface area (Å²) >= 11 is 0. The predicted molar refractivity (Wildman–Crippen MR) is 124 cm³/mol. The molecule has 9 nitrogen and oxygen atoms in total. The van der Waals surface area contributed by atoms with E-state index in [0.29, 0.717) is 23.2 Å². The second-order valence-corrected chi connectivity index (χ2v) is 10.5. The molecule has 0 unspecified atom stereocenters. The number of aromatic nitrogens is 4. The van der Waals surface area contributed by atoms with Crippen molar-refractivity contribution in [2.45, 2.75) is 74.4 Å². The fourth-order valence-corrected chi connectivity index (χ4v) is 5.76. The third kappa shape index (κ3) is 4.29. The molecule has 2 fully saturated rings. The Kier molecular flexibility index (Phi) is 5.73. The summed E-state index contributed by atoms with van der Waals surface area (Å²) in [6, 6.07) is 9.07. The van der Waals surface area contributed by atoms with Crippen LogP contribution in [0.15, 0.2) is 41.6 Å². The molecule has 0 saturated heterocycles. The molecule has 0 aliphatic heterocycles. The van der Waals surface area contributed by atoms with Gasteiger partial charge in [0.05, 0.1) is 11.2 Å². The van der Waals surface area contributed by atoms with Gasteiger partial charge in [-0.25, -0.2) is 13.4 Å². The third-order valence-electron chi connectivity index (χ3n) is 6.53. The summed E-state index contributed by atoms with van der Waals surface area (Å²) in [6.07, 6.45) is 10.0. The first-order chi connectivity index (χ1) is 15.5. The first-order valence-electron chi connectivity index (χ1n) is 11.3. The van der Waals surface area contributed by atoms with Crippen LogP contribution in [0.3, 0.4) is 0 Å². The zero-order valence-corrected chi connectivity index (χ0v) is 18.8. The number of imidazole rings is 1. The molecule has 2 heterocycles. The molecule has 10 heteroatoms. The Balaban J connectivity index is 1.53. The molecule has 32 heavy (non-hydrogen) atoms. The van der Waals surface area contributed by atoms with Crippen molar-refractivity contribution in [1.29, 1.82) is 0 Å². The lowest BCUT2D eigenvalue weighted by atomic mass is 9.92. The number of nitrogens with zero attached hydrogens (tertiary/aromatic N) is 4. The largest absolute Gasteiger partial charge is 0.351 e. The van der Waals surface area contributed by atoms with Crippen molar-refractivity contribution < 1.29 is 8.42 Å². The molecule has 170 valence electrons. The zero-order valence-electron chi connectivity index (χ0n) is 17.9. The lowest BCUT2D eigenvalue weighted by Crippen LogP contribution is -2.33. The molecule has 5 rings (SSSR count). The molecular formula is C22H29N7O2S. The number of hydrogen-bond acceptors (Lipinski definition) is 7. The van der Waals surface area contributed by atoms with Crippen LogP contribution in [0.5, 0.6) is 0 Å². The van der Waals surface area contributed by atoms with E-state index < -0.39 is 10.0 Å². The van der Waals surface area contributed by atoms with Gasteiger partial charge in [-0.05, 0) is 50.7 Å². The van der Waals surface area contributed by atoms with Gasteiger partial charge in [-0.1, -0.05) is 31.0 Å². The van der Waals surface area contributed by atoms with E-state index in [0.717, 1.165) is 38.5 Å². The van der Waals surface area contributed by atoms with Crippen LogP contribution in [0.25, 0.3) is 11.2 Å². The Hall–Kier alpha value is -2.72. The van der Waals surface area contributed by atoms with E-state index in [-0.39, 0.29) is 22.8 Å². The number of nitrogens with two attached hydrogens (primary N) is 1. The van der Waals surface area contributed by atoms with Crippen LogP contribution in [0.4, 0.5) is 11.8 Å². The van der Waals surface area contributed by atoms with Crippen LogP contribution >= 0.6 is 0 Å². The number of fused-ring (bicyclic) bond motifs is 1. The SMILES string of the molecule is N[C@H]1CC[C@H](Nc2nc(NS(=O)(=O)c3ccccc3)c3ncn(C4CCCC4)c3n2)CC1. The molecule has 2 saturated carbocycles. The molecule has 0 radical (unpaired) electrons. The fourth-order valence-electron chi connectivity index (χ4n) is 4.73. The summed E-state index contributed by atoms with van der Waals surface area (Å²) in [7, 11) is -3.81. The summed E-state index contributed by atoms with van der Waals surface area (Å²) < 4.78 is 30.7. The molecule has 2 aliphatic rings. The van der Waals surface area contributed by atoms with E-state index >= 15 is 0 Å². The first kappa shape index (κ1) is 21.1. The monoisotopic (exact) mass is 455 g/mol. The lowest BCUT2D eigenvalue weighted by molar-refractivity contribution is 0.410. The van der Waals surface area contributed by atoms with Crippen molar-refractivity contribution in [3.8, 4) is 0 Å². The Morgan fingerprint density at radius 1 is 0.969 bits per heavy atom. The Morgan fingerprint density at radius 3 is 2.41 bits per heavy atom. The first-order valence-corrected chi connectivity index (χ1v) is 12.8. The van der Waals surface area contributed by atoms with Gasteiger partial charge in [0.2, 0.25) is 5.95 Å². The van der Waals surface area contributed by atoms with E-state index in [9.17, 15) is 8.42 Å². The molecule has 0 amide bonds. The van der Waals surface area contributed by atoms with Gasteiger partial charge in [0.15, 0.2) is 17.0 Å². The standard InChI is InChI=1S/C22H29N7O2S/c23-15-10-12-16(13-11-15)25-22-26-20(28-32(30,31)18-8-2-1-3-9-18)19-21(27-22)29(14-24-19)17-6-4-5-7-17/h1-3,8-9,14-17H,4-7,10-13,23H2,(H2,25,26,27,28)/t15-,16-. The number of nitrogens with one attached hydrogen (secondary N) is 2. The summed E-state index contributed by atoms with van der Waals surface area (Å²) in [5.74, 6) is 0.620. The second-order valence-electron chi connectivity index (χ2n) is 8.83. The Morgan fingerprint density at radius 2 is 1.69 bits per heavy atom. The molecule has 2 aliphatic carbocycles. The third-order valence-corrected chi connectivity index (χ3v) is 7.88. The number of sulfonamides is 1. The van der Waals surface area contributed by atoms with Crippen LogP contribution in [0.2, 0.25) is 0 Å². The van der Waals surface area contributed by atoms with Crippen molar-refractivity contribution in [2.75, 3.05) is 10.0 Å². The summed E-state index contributed by atoms with van der Waals surface area (Å²) in [4.78, 5) is 14.0. The van der Waals surface area contributed by atoms with E-state index in [2.05, 4.69) is 24.6 Å². The van der Waals surface area contributed by atoms with Gasteiger partial charge >= 0.3 is 0 Å². The average Bonchev–Trinajstić information content (AvgIpc) is 3.46. The van der Waals surface area contributed by atoms with Crippen molar-refractivity contribution in [3.63, 3.8) is 0 Å².